The molecule has 0 fully saturated rings. The molecule has 0 amide bonds. The van der Waals surface area contributed by atoms with Gasteiger partial charge in [-0.3, -0.25) is 4.68 Å². The lowest BCUT2D eigenvalue weighted by Gasteiger charge is -2.12. The lowest BCUT2D eigenvalue weighted by Crippen LogP contribution is -2.37. The molecule has 7 heteroatoms. The van der Waals surface area contributed by atoms with Crippen molar-refractivity contribution in [2.24, 2.45) is 12.0 Å². The third-order valence-electron chi connectivity index (χ3n) is 4.29. The maximum atomic E-state index is 5.42. The molecule has 0 unspecified atom stereocenters. The number of rotatable bonds is 5. The molecule has 3 rings (SSSR count). The zero-order valence-corrected chi connectivity index (χ0v) is 15.2. The predicted molar refractivity (Wildman–Crippen MR) is 96.9 cm³/mol. The molecular formula is C18H25N5O2. The van der Waals surface area contributed by atoms with Gasteiger partial charge in [-0.05, 0) is 38.5 Å². The fraction of sp³-hybridized carbons (Fsp3) is 0.444. The highest BCUT2D eigenvalue weighted by Crippen LogP contribution is 2.32. The van der Waals surface area contributed by atoms with Crippen molar-refractivity contribution in [3.05, 3.63) is 40.7 Å². The molecule has 1 aromatic carbocycles. The first-order valence-corrected chi connectivity index (χ1v) is 8.48. The molecular weight excluding hydrogens is 318 g/mol. The average Bonchev–Trinajstić information content (AvgIpc) is 3.15. The van der Waals surface area contributed by atoms with Crippen LogP contribution in [0.5, 0.6) is 11.5 Å². The minimum atomic E-state index is 0.288. The second-order valence-electron chi connectivity index (χ2n) is 6.01. The summed E-state index contributed by atoms with van der Waals surface area (Å²) < 4.78 is 12.7. The number of nitrogens with zero attached hydrogens (tertiary/aromatic N) is 3. The van der Waals surface area contributed by atoms with Gasteiger partial charge in [-0.25, -0.2) is 4.99 Å². The predicted octanol–water partition coefficient (Wildman–Crippen LogP) is 2.02. The first-order valence-electron chi connectivity index (χ1n) is 8.48. The first kappa shape index (κ1) is 17.1. The Morgan fingerprint density at radius 1 is 1.24 bits per heavy atom. The van der Waals surface area contributed by atoms with E-state index in [4.69, 9.17) is 9.47 Å². The minimum absolute atomic E-state index is 0.288. The minimum Gasteiger partial charge on any atom is -0.454 e. The van der Waals surface area contributed by atoms with Crippen molar-refractivity contribution < 1.29 is 9.47 Å². The Kier molecular flexibility index (Phi) is 5.11. The Labute approximate surface area is 148 Å². The zero-order valence-electron chi connectivity index (χ0n) is 15.2. The van der Waals surface area contributed by atoms with Gasteiger partial charge < -0.3 is 20.1 Å². The van der Waals surface area contributed by atoms with Gasteiger partial charge in [0.05, 0.1) is 12.2 Å². The van der Waals surface area contributed by atoms with Gasteiger partial charge in [0.1, 0.15) is 0 Å². The van der Waals surface area contributed by atoms with E-state index in [1.54, 1.807) is 0 Å². The molecule has 0 aliphatic carbocycles. The summed E-state index contributed by atoms with van der Waals surface area (Å²) in [5, 5.41) is 11.1. The van der Waals surface area contributed by atoms with Crippen LogP contribution in [-0.4, -0.2) is 29.1 Å². The topological polar surface area (TPSA) is 72.7 Å². The molecule has 1 aliphatic rings. The van der Waals surface area contributed by atoms with Crippen LogP contribution in [0.4, 0.5) is 0 Å². The zero-order chi connectivity index (χ0) is 17.8. The number of benzene rings is 1. The monoisotopic (exact) mass is 343 g/mol. The van der Waals surface area contributed by atoms with Crippen LogP contribution in [0, 0.1) is 13.8 Å². The Morgan fingerprint density at radius 2 is 2.04 bits per heavy atom. The fourth-order valence-corrected chi connectivity index (χ4v) is 2.80. The SMILES string of the molecule is CCNC(=NCc1ccc2c(c1)OCO2)NCc1c(C)nn(C)c1C. The number of ether oxygens (including phenoxy) is 2. The average molecular weight is 343 g/mol. The van der Waals surface area contributed by atoms with Crippen molar-refractivity contribution in [2.45, 2.75) is 33.9 Å². The summed E-state index contributed by atoms with van der Waals surface area (Å²) in [6.45, 7) is 8.51. The molecule has 1 aromatic heterocycles. The van der Waals surface area contributed by atoms with Crippen LogP contribution < -0.4 is 20.1 Å². The lowest BCUT2D eigenvalue weighted by atomic mass is 10.2. The van der Waals surface area contributed by atoms with Crippen LogP contribution in [0.15, 0.2) is 23.2 Å². The summed E-state index contributed by atoms with van der Waals surface area (Å²) in [4.78, 5) is 4.66. The summed E-state index contributed by atoms with van der Waals surface area (Å²) >= 11 is 0. The summed E-state index contributed by atoms with van der Waals surface area (Å²) in [5.41, 5.74) is 4.49. The van der Waals surface area contributed by atoms with E-state index in [9.17, 15) is 0 Å². The van der Waals surface area contributed by atoms with E-state index < -0.39 is 0 Å². The van der Waals surface area contributed by atoms with Crippen molar-refractivity contribution in [3.8, 4) is 11.5 Å². The fourth-order valence-electron chi connectivity index (χ4n) is 2.80. The molecule has 1 aliphatic heterocycles. The van der Waals surface area contributed by atoms with Crippen molar-refractivity contribution >= 4 is 5.96 Å². The Hall–Kier alpha value is -2.70. The molecule has 0 saturated heterocycles. The van der Waals surface area contributed by atoms with Crippen molar-refractivity contribution in [1.82, 2.24) is 20.4 Å². The quantitative estimate of drug-likeness (QED) is 0.642. The van der Waals surface area contributed by atoms with Crippen molar-refractivity contribution in [1.29, 1.82) is 0 Å². The number of aliphatic imine (C=N–C) groups is 1. The highest BCUT2D eigenvalue weighted by molar-refractivity contribution is 5.79. The van der Waals surface area contributed by atoms with Crippen molar-refractivity contribution in [2.75, 3.05) is 13.3 Å². The molecule has 134 valence electrons. The molecule has 0 spiro atoms. The van der Waals surface area contributed by atoms with Crippen LogP contribution >= 0.6 is 0 Å². The highest BCUT2D eigenvalue weighted by atomic mass is 16.7. The van der Waals surface area contributed by atoms with E-state index in [2.05, 4.69) is 34.6 Å². The van der Waals surface area contributed by atoms with Crippen LogP contribution in [0.3, 0.4) is 0 Å². The van der Waals surface area contributed by atoms with Crippen LogP contribution in [0.2, 0.25) is 0 Å². The van der Waals surface area contributed by atoms with Gasteiger partial charge >= 0.3 is 0 Å². The third kappa shape index (κ3) is 3.87. The van der Waals surface area contributed by atoms with Crippen LogP contribution in [-0.2, 0) is 20.1 Å². The Balaban J connectivity index is 1.66. The Morgan fingerprint density at radius 3 is 2.76 bits per heavy atom. The summed E-state index contributed by atoms with van der Waals surface area (Å²) in [6.07, 6.45) is 0. The standard InChI is InChI=1S/C18H25N5O2/c1-5-19-18(21-10-15-12(2)22-23(4)13(15)3)20-9-14-6-7-16-17(8-14)25-11-24-16/h6-8H,5,9-11H2,1-4H3,(H2,19,20,21). The Bertz CT molecular complexity index is 782. The van der Waals surface area contributed by atoms with Gasteiger partial charge in [0.2, 0.25) is 6.79 Å². The first-order chi connectivity index (χ1) is 12.1. The van der Waals surface area contributed by atoms with Gasteiger partial charge in [-0.15, -0.1) is 0 Å². The molecule has 0 radical (unpaired) electrons. The van der Waals surface area contributed by atoms with Gasteiger partial charge in [-0.1, -0.05) is 6.07 Å². The number of fused-ring (bicyclic) bond motifs is 1. The maximum Gasteiger partial charge on any atom is 0.231 e. The number of nitrogens with one attached hydrogen (secondary N) is 2. The second-order valence-corrected chi connectivity index (χ2v) is 6.01. The third-order valence-corrected chi connectivity index (χ3v) is 4.29. The molecule has 0 saturated carbocycles. The molecule has 0 atom stereocenters. The van der Waals surface area contributed by atoms with E-state index in [1.165, 1.54) is 5.56 Å². The molecule has 2 N–H and O–H groups in total. The molecule has 25 heavy (non-hydrogen) atoms. The lowest BCUT2D eigenvalue weighted by molar-refractivity contribution is 0.174. The van der Waals surface area contributed by atoms with Crippen molar-refractivity contribution in [3.63, 3.8) is 0 Å². The van der Waals surface area contributed by atoms with Crippen LogP contribution in [0.1, 0.15) is 29.4 Å². The van der Waals surface area contributed by atoms with E-state index in [0.717, 1.165) is 41.0 Å². The second kappa shape index (κ2) is 7.46. The summed E-state index contributed by atoms with van der Waals surface area (Å²) in [7, 11) is 1.96. The number of hydrogen-bond acceptors (Lipinski definition) is 4. The number of aromatic nitrogens is 2. The largest absolute Gasteiger partial charge is 0.454 e. The number of guanidine groups is 1. The molecule has 7 nitrogen and oxygen atoms in total. The normalized spacial score (nSPS) is 13.2. The van der Waals surface area contributed by atoms with Gasteiger partial charge in [-0.2, -0.15) is 5.10 Å². The highest BCUT2D eigenvalue weighted by Gasteiger charge is 2.13. The maximum absolute atomic E-state index is 5.42. The molecule has 0 bridgehead atoms. The summed E-state index contributed by atoms with van der Waals surface area (Å²) in [5.74, 6) is 2.36. The van der Waals surface area contributed by atoms with E-state index >= 15 is 0 Å². The summed E-state index contributed by atoms with van der Waals surface area (Å²) in [6, 6.07) is 5.91. The molecule has 2 aromatic rings. The van der Waals surface area contributed by atoms with E-state index in [-0.39, 0.29) is 6.79 Å². The van der Waals surface area contributed by atoms with Gasteiger partial charge in [0.25, 0.3) is 0 Å². The van der Waals surface area contributed by atoms with Crippen LogP contribution in [0.25, 0.3) is 0 Å². The smallest absolute Gasteiger partial charge is 0.231 e. The van der Waals surface area contributed by atoms with E-state index in [0.29, 0.717) is 13.1 Å². The van der Waals surface area contributed by atoms with E-state index in [1.807, 2.05) is 36.9 Å². The number of aryl methyl sites for hydroxylation is 2. The van der Waals surface area contributed by atoms with Gasteiger partial charge in [0, 0.05) is 31.4 Å². The number of hydrogen-bond donors (Lipinski definition) is 2. The molecule has 2 heterocycles. The van der Waals surface area contributed by atoms with Gasteiger partial charge in [0.15, 0.2) is 17.5 Å².